The molecule has 0 aliphatic rings. The molecule has 0 bridgehead atoms. The smallest absolute Gasteiger partial charge is 0.309 e. The predicted octanol–water partition coefficient (Wildman–Crippen LogP) is 29.2. The summed E-state index contributed by atoms with van der Waals surface area (Å²) in [6.07, 6.45) is 99.0. The van der Waals surface area contributed by atoms with Crippen LogP contribution in [0.3, 0.4) is 0 Å². The van der Waals surface area contributed by atoms with Crippen LogP contribution in [-0.2, 0) is 9.59 Å². The van der Waals surface area contributed by atoms with Crippen LogP contribution < -0.4 is 0 Å². The topological polar surface area (TPSA) is 74.6 Å². The summed E-state index contributed by atoms with van der Waals surface area (Å²) in [7, 11) is 0. The zero-order valence-corrected chi connectivity index (χ0v) is 59.8. The minimum atomic E-state index is -0.802. The Balaban J connectivity index is 3.33. The summed E-state index contributed by atoms with van der Waals surface area (Å²) in [4.78, 5) is 24.6. The van der Waals surface area contributed by atoms with Crippen LogP contribution in [0.15, 0.2) is 0 Å². The summed E-state index contributed by atoms with van der Waals surface area (Å²) in [5, 5.41) is 20.5. The molecular weight excluding hydrogens is 1050 g/mol. The maximum atomic E-state index is 12.7. The van der Waals surface area contributed by atoms with Crippen molar-refractivity contribution in [1.82, 2.24) is 0 Å². The molecule has 0 rings (SSSR count). The highest BCUT2D eigenvalue weighted by molar-refractivity contribution is 5.80. The van der Waals surface area contributed by atoms with E-state index in [4.69, 9.17) is 0 Å². The molecule has 4 nitrogen and oxygen atoms in total. The van der Waals surface area contributed by atoms with E-state index in [1.165, 1.54) is 417 Å². The molecular formula is C82H162O4. The highest BCUT2D eigenvalue weighted by Gasteiger charge is 2.25. The quantitative estimate of drug-likeness (QED) is 0.0595. The number of carboxylic acid groups (broad SMARTS) is 1. The van der Waals surface area contributed by atoms with Crippen molar-refractivity contribution in [3.63, 3.8) is 0 Å². The Morgan fingerprint density at radius 1 is 0.233 bits per heavy atom. The standard InChI is InChI=1S/C82H162O4/c1-4-6-8-10-12-14-16-18-20-22-42-46-50-54-58-62-66-70-74-78(3)80(83)76-72-68-64-60-56-52-48-44-40-38-36-34-32-30-28-26-24-25-27-29-31-33-35-37-39-41-45-49-53-57-61-65-69-73-77-81(84)79(82(85)86)75-71-67-63-59-55-51-47-43-23-21-19-17-15-13-11-9-7-5-2/h78-79,81,84H,4-77H2,1-3H3,(H,85,86). The van der Waals surface area contributed by atoms with Crippen molar-refractivity contribution in [2.24, 2.45) is 11.8 Å². The molecule has 3 atom stereocenters. The van der Waals surface area contributed by atoms with Crippen molar-refractivity contribution in [1.29, 1.82) is 0 Å². The molecule has 86 heavy (non-hydrogen) atoms. The van der Waals surface area contributed by atoms with Gasteiger partial charge in [-0.2, -0.15) is 0 Å². The van der Waals surface area contributed by atoms with Crippen molar-refractivity contribution in [2.75, 3.05) is 0 Å². The lowest BCUT2D eigenvalue weighted by Crippen LogP contribution is -2.28. The molecule has 0 fully saturated rings. The van der Waals surface area contributed by atoms with Gasteiger partial charge in [0.25, 0.3) is 0 Å². The minimum Gasteiger partial charge on any atom is -0.481 e. The molecule has 0 aromatic rings. The third-order valence-electron chi connectivity index (χ3n) is 20.4. The van der Waals surface area contributed by atoms with Gasteiger partial charge in [-0.25, -0.2) is 0 Å². The number of Topliss-reactive ketones (excluding diaryl/α,β-unsaturated/α-hetero) is 1. The Morgan fingerprint density at radius 2 is 0.395 bits per heavy atom. The SMILES string of the molecule is CCCCCCCCCCCCCCCCCCCCC(C)C(=O)CCCCCCCCCCCCCCCCCCCCCCCCCCCCCCCCCCCCC(O)C(CCCCCCCCCCCCCCCCCCCC)C(=O)O. The second-order valence-electron chi connectivity index (χ2n) is 29.0. The highest BCUT2D eigenvalue weighted by atomic mass is 16.4. The van der Waals surface area contributed by atoms with Gasteiger partial charge in [-0.1, -0.05) is 464 Å². The van der Waals surface area contributed by atoms with Crippen molar-refractivity contribution in [3.8, 4) is 0 Å². The van der Waals surface area contributed by atoms with E-state index in [2.05, 4.69) is 20.8 Å². The summed E-state index contributed by atoms with van der Waals surface area (Å²) < 4.78 is 0. The monoisotopic (exact) mass is 1210 g/mol. The molecule has 0 aliphatic carbocycles. The van der Waals surface area contributed by atoms with Crippen LogP contribution in [0.4, 0.5) is 0 Å². The first-order valence-corrected chi connectivity index (χ1v) is 40.9. The lowest BCUT2D eigenvalue weighted by Gasteiger charge is -2.19. The largest absolute Gasteiger partial charge is 0.481 e. The maximum absolute atomic E-state index is 12.7. The van der Waals surface area contributed by atoms with Gasteiger partial charge in [-0.3, -0.25) is 9.59 Å². The van der Waals surface area contributed by atoms with Gasteiger partial charge in [-0.05, 0) is 25.7 Å². The minimum absolute atomic E-state index is 0.281. The van der Waals surface area contributed by atoms with Crippen LogP contribution in [-0.4, -0.2) is 28.1 Å². The molecule has 514 valence electrons. The Labute approximate surface area is 542 Å². The summed E-state index contributed by atoms with van der Waals surface area (Å²) in [6, 6.07) is 0. The van der Waals surface area contributed by atoms with Gasteiger partial charge in [0.15, 0.2) is 0 Å². The van der Waals surface area contributed by atoms with Gasteiger partial charge in [-0.15, -0.1) is 0 Å². The number of hydrogen-bond donors (Lipinski definition) is 2. The molecule has 0 spiro atoms. The Kier molecular flexibility index (Phi) is 74.0. The van der Waals surface area contributed by atoms with Gasteiger partial charge in [0.05, 0.1) is 12.0 Å². The first-order valence-electron chi connectivity index (χ1n) is 40.9. The predicted molar refractivity (Wildman–Crippen MR) is 384 cm³/mol. The molecule has 4 heteroatoms. The van der Waals surface area contributed by atoms with Crippen molar-refractivity contribution in [3.05, 3.63) is 0 Å². The first kappa shape index (κ1) is 85.1. The fourth-order valence-electron chi connectivity index (χ4n) is 14.0. The van der Waals surface area contributed by atoms with E-state index in [0.29, 0.717) is 18.6 Å². The van der Waals surface area contributed by atoms with Crippen molar-refractivity contribution >= 4 is 11.8 Å². The average molecular weight is 1210 g/mol. The number of carboxylic acids is 1. The van der Waals surface area contributed by atoms with Gasteiger partial charge in [0.2, 0.25) is 0 Å². The fraction of sp³-hybridized carbons (Fsp3) is 0.976. The fourth-order valence-corrected chi connectivity index (χ4v) is 14.0. The molecule has 0 saturated heterocycles. The van der Waals surface area contributed by atoms with Gasteiger partial charge < -0.3 is 10.2 Å². The lowest BCUT2D eigenvalue weighted by atomic mass is 9.91. The van der Waals surface area contributed by atoms with Crippen LogP contribution in [0, 0.1) is 11.8 Å². The molecule has 0 aromatic carbocycles. The number of aliphatic hydroxyl groups is 1. The molecule has 3 unspecified atom stereocenters. The van der Waals surface area contributed by atoms with Crippen LogP contribution in [0.5, 0.6) is 0 Å². The van der Waals surface area contributed by atoms with Gasteiger partial charge in [0.1, 0.15) is 5.78 Å². The van der Waals surface area contributed by atoms with E-state index < -0.39 is 18.0 Å². The van der Waals surface area contributed by atoms with E-state index in [0.717, 1.165) is 44.9 Å². The van der Waals surface area contributed by atoms with E-state index in [1.807, 2.05) is 0 Å². The number of carbonyl (C=O) groups excluding carboxylic acids is 1. The lowest BCUT2D eigenvalue weighted by molar-refractivity contribution is -0.146. The third-order valence-corrected chi connectivity index (χ3v) is 20.4. The number of ketones is 1. The Hall–Kier alpha value is -0.900. The van der Waals surface area contributed by atoms with E-state index in [9.17, 15) is 19.8 Å². The zero-order chi connectivity index (χ0) is 62.2. The molecule has 0 heterocycles. The number of aliphatic carboxylic acids is 1. The van der Waals surface area contributed by atoms with E-state index in [1.54, 1.807) is 0 Å². The first-order chi connectivity index (χ1) is 42.4. The molecule has 2 N–H and O–H groups in total. The zero-order valence-electron chi connectivity index (χ0n) is 59.8. The number of carbonyl (C=O) groups is 2. The summed E-state index contributed by atoms with van der Waals surface area (Å²) in [6.45, 7) is 6.79. The highest BCUT2D eigenvalue weighted by Crippen LogP contribution is 2.24. The molecule has 0 aromatic heterocycles. The van der Waals surface area contributed by atoms with E-state index >= 15 is 0 Å². The summed E-state index contributed by atoms with van der Waals surface area (Å²) in [5.41, 5.74) is 0. The van der Waals surface area contributed by atoms with Crippen LogP contribution in [0.2, 0.25) is 0 Å². The van der Waals surface area contributed by atoms with Crippen molar-refractivity contribution in [2.45, 2.75) is 502 Å². The van der Waals surface area contributed by atoms with Gasteiger partial charge in [0, 0.05) is 12.3 Å². The average Bonchev–Trinajstić information content (AvgIpc) is 3.52. The number of unbranched alkanes of at least 4 members (excludes halogenated alkanes) is 67. The van der Waals surface area contributed by atoms with Gasteiger partial charge >= 0.3 is 5.97 Å². The van der Waals surface area contributed by atoms with Crippen molar-refractivity contribution < 1.29 is 19.8 Å². The summed E-state index contributed by atoms with van der Waals surface area (Å²) in [5.74, 6) is -0.573. The van der Waals surface area contributed by atoms with Crippen LogP contribution >= 0.6 is 0 Å². The molecule has 0 radical (unpaired) electrons. The maximum Gasteiger partial charge on any atom is 0.309 e. The number of rotatable bonds is 78. The Morgan fingerprint density at radius 3 is 0.593 bits per heavy atom. The normalized spacial score (nSPS) is 12.8. The second-order valence-corrected chi connectivity index (χ2v) is 29.0. The van der Waals surface area contributed by atoms with E-state index in [-0.39, 0.29) is 5.92 Å². The van der Waals surface area contributed by atoms with Crippen LogP contribution in [0.25, 0.3) is 0 Å². The van der Waals surface area contributed by atoms with Crippen LogP contribution in [0.1, 0.15) is 496 Å². The molecule has 0 amide bonds. The third kappa shape index (κ3) is 69.0. The number of hydrogen-bond acceptors (Lipinski definition) is 3. The number of aliphatic hydroxyl groups excluding tert-OH is 1. The molecule has 0 saturated carbocycles. The summed E-state index contributed by atoms with van der Waals surface area (Å²) >= 11 is 0. The molecule has 0 aliphatic heterocycles. The Bertz CT molecular complexity index is 1260. The second kappa shape index (κ2) is 74.8.